The summed E-state index contributed by atoms with van der Waals surface area (Å²) in [4.78, 5) is 0. The molecule has 0 heterocycles. The van der Waals surface area contributed by atoms with Gasteiger partial charge in [-0.25, -0.2) is 0 Å². The Balaban J connectivity index is 1.79. The van der Waals surface area contributed by atoms with Gasteiger partial charge in [-0.2, -0.15) is 0 Å². The smallest absolute Gasteiger partial charge is 0.0622 e. The second-order valence-corrected chi connectivity index (χ2v) is 22.5. The molecule has 0 fully saturated rings. The molecule has 0 spiro atoms. The Labute approximate surface area is 310 Å². The second-order valence-electron chi connectivity index (χ2n) is 12.7. The summed E-state index contributed by atoms with van der Waals surface area (Å²) >= 11 is 0. The topological polar surface area (TPSA) is 0 Å². The fourth-order valence-electron chi connectivity index (χ4n) is 7.56. The van der Waals surface area contributed by atoms with E-state index in [1.165, 1.54) is 42.4 Å². The summed E-state index contributed by atoms with van der Waals surface area (Å²) in [5.41, 5.74) is 0. The maximum Gasteiger partial charge on any atom is 0.146 e. The zero-order valence-electron chi connectivity index (χ0n) is 28.9. The molecule has 0 unspecified atom stereocenters. The quantitative estimate of drug-likeness (QED) is 0.124. The first-order chi connectivity index (χ1) is 25.8. The van der Waals surface area contributed by atoms with E-state index in [1.54, 1.807) is 4.78 Å². The van der Waals surface area contributed by atoms with Crippen molar-refractivity contribution in [3.63, 3.8) is 0 Å². The predicted molar refractivity (Wildman–Crippen MR) is 234 cm³/mol. The average molecular weight is 722 g/mol. The minimum atomic E-state index is -2.67. The molecule has 0 saturated heterocycles. The Kier molecular flexibility index (Phi) is 10.2. The molecule has 8 aromatic rings. The maximum atomic E-state index is 2.41. The molecule has 0 amide bonds. The minimum Gasteiger partial charge on any atom is -0.0622 e. The van der Waals surface area contributed by atoms with Crippen molar-refractivity contribution >= 4 is 69.3 Å². The van der Waals surface area contributed by atoms with Crippen LogP contribution < -0.4 is 42.4 Å². The van der Waals surface area contributed by atoms with Crippen molar-refractivity contribution < 1.29 is 0 Å². The van der Waals surface area contributed by atoms with Crippen molar-refractivity contribution in [1.82, 2.24) is 0 Å². The average Bonchev–Trinajstić information content (AvgIpc) is 3.25. The van der Waals surface area contributed by atoms with Crippen molar-refractivity contribution in [2.75, 3.05) is 0 Å². The minimum absolute atomic E-state index is 1.12. The first kappa shape index (κ1) is 34.0. The molecule has 0 bridgehead atoms. The maximum absolute atomic E-state index is 2.67. The first-order valence-electron chi connectivity index (χ1n) is 17.7. The fourth-order valence-corrected chi connectivity index (χ4v) is 25.9. The third-order valence-corrected chi connectivity index (χ3v) is 24.2. The highest BCUT2D eigenvalue weighted by atomic mass is 31.2. The lowest BCUT2D eigenvalue weighted by molar-refractivity contribution is 1.73. The zero-order chi connectivity index (χ0) is 35.1. The summed E-state index contributed by atoms with van der Waals surface area (Å²) in [6.07, 6.45) is 0. The van der Waals surface area contributed by atoms with Gasteiger partial charge in [0, 0.05) is 14.8 Å². The van der Waals surface area contributed by atoms with Gasteiger partial charge in [0.2, 0.25) is 0 Å². The summed E-state index contributed by atoms with van der Waals surface area (Å²) in [5.74, 6) is 0. The van der Waals surface area contributed by atoms with Crippen molar-refractivity contribution in [2.45, 2.75) is 0 Å². The predicted octanol–water partition coefficient (Wildman–Crippen LogP) is 9.19. The van der Waals surface area contributed by atoms with E-state index < -0.39 is 22.1 Å². The van der Waals surface area contributed by atoms with Crippen molar-refractivity contribution in [3.05, 3.63) is 243 Å². The molecule has 0 aliphatic rings. The lowest BCUT2D eigenvalue weighted by Gasteiger charge is -2.41. The van der Waals surface area contributed by atoms with E-state index in [4.69, 9.17) is 0 Å². The SMILES string of the molecule is c1ccc(P(C(=P(c2ccccc2)(c2ccccc2)c2ccccc2)[P+](c2ccccc2)(c2ccccc2)c2ccccc2)c2ccccc2)cc1. The molecule has 3 heteroatoms. The Hall–Kier alpha value is -5.08. The molecule has 0 aliphatic carbocycles. The van der Waals surface area contributed by atoms with E-state index in [1.807, 2.05) is 0 Å². The Morgan fingerprint density at radius 3 is 0.788 bits per heavy atom. The van der Waals surface area contributed by atoms with Gasteiger partial charge >= 0.3 is 0 Å². The van der Waals surface area contributed by atoms with Crippen LogP contribution in [-0.2, 0) is 0 Å². The summed E-state index contributed by atoms with van der Waals surface area (Å²) in [6.45, 7) is -2.67. The molecule has 0 radical (unpaired) electrons. The van der Waals surface area contributed by atoms with Gasteiger partial charge in [-0.3, -0.25) is 0 Å². The second kappa shape index (κ2) is 15.7. The van der Waals surface area contributed by atoms with Crippen LogP contribution in [0.5, 0.6) is 0 Å². The van der Waals surface area contributed by atoms with E-state index in [2.05, 4.69) is 243 Å². The molecule has 0 aliphatic heterocycles. The molecule has 0 nitrogen and oxygen atoms in total. The summed E-state index contributed by atoms with van der Waals surface area (Å²) in [5, 5.41) is 10.9. The van der Waals surface area contributed by atoms with Gasteiger partial charge in [0.05, 0.1) is 0 Å². The molecule has 0 N–H and O–H groups in total. The van der Waals surface area contributed by atoms with Crippen molar-refractivity contribution in [1.29, 1.82) is 0 Å². The van der Waals surface area contributed by atoms with Crippen LogP contribution in [0.1, 0.15) is 0 Å². The Bertz CT molecular complexity index is 2130. The lowest BCUT2D eigenvalue weighted by atomic mass is 10.4. The molecule has 0 aromatic heterocycles. The number of rotatable bonds is 10. The molecule has 0 atom stereocenters. The van der Waals surface area contributed by atoms with Crippen LogP contribution in [0, 0.1) is 0 Å². The van der Waals surface area contributed by atoms with Gasteiger partial charge < -0.3 is 0 Å². The van der Waals surface area contributed by atoms with Crippen molar-refractivity contribution in [2.24, 2.45) is 0 Å². The van der Waals surface area contributed by atoms with Crippen LogP contribution in [0.15, 0.2) is 243 Å². The number of hydrogen-bond acceptors (Lipinski definition) is 0. The van der Waals surface area contributed by atoms with E-state index in [-0.39, 0.29) is 0 Å². The summed E-state index contributed by atoms with van der Waals surface area (Å²) < 4.78 is 1.62. The van der Waals surface area contributed by atoms with Crippen LogP contribution in [0.4, 0.5) is 0 Å². The molecule has 0 saturated carbocycles. The van der Waals surface area contributed by atoms with Crippen LogP contribution in [-0.4, -0.2) is 4.78 Å². The van der Waals surface area contributed by atoms with Gasteiger partial charge in [-0.15, -0.1) is 0 Å². The first-order valence-corrected chi connectivity index (χ1v) is 22.7. The highest BCUT2D eigenvalue weighted by Crippen LogP contribution is 2.73. The van der Waals surface area contributed by atoms with E-state index in [0.29, 0.717) is 0 Å². The third-order valence-electron chi connectivity index (χ3n) is 9.69. The molecule has 52 heavy (non-hydrogen) atoms. The molecular formula is C49H40P3+. The van der Waals surface area contributed by atoms with Gasteiger partial charge in [-0.05, 0) is 62.9 Å². The Morgan fingerprint density at radius 1 is 0.288 bits per heavy atom. The van der Waals surface area contributed by atoms with Crippen molar-refractivity contribution in [3.8, 4) is 0 Å². The standard InChI is InChI=1S/C49H40P3/c1-9-25-41(26-10-1)50(42-27-11-2-12-28-42)49(51(43-29-13-3-14-30-43,44-31-15-4-16-32-44)45-33-17-5-18-34-45)52(46-35-19-6-20-36-46,47-37-21-7-22-38-47)48-39-23-8-24-40-48/h1-40H/q+1. The fraction of sp³-hybridized carbons (Fsp3) is 0. The van der Waals surface area contributed by atoms with Gasteiger partial charge in [0.1, 0.15) is 28.0 Å². The van der Waals surface area contributed by atoms with Crippen LogP contribution in [0.3, 0.4) is 0 Å². The highest BCUT2D eigenvalue weighted by Gasteiger charge is 2.57. The largest absolute Gasteiger partial charge is 0.146 e. The third kappa shape index (κ3) is 6.13. The van der Waals surface area contributed by atoms with Crippen LogP contribution in [0.25, 0.3) is 0 Å². The summed E-state index contributed by atoms with van der Waals surface area (Å²) in [7, 11) is -3.79. The highest BCUT2D eigenvalue weighted by molar-refractivity contribution is 8.34. The van der Waals surface area contributed by atoms with Gasteiger partial charge in [0.15, 0.2) is 0 Å². The Morgan fingerprint density at radius 2 is 0.519 bits per heavy atom. The molecule has 8 aromatic carbocycles. The van der Waals surface area contributed by atoms with Gasteiger partial charge in [-0.1, -0.05) is 206 Å². The monoisotopic (exact) mass is 721 g/mol. The van der Waals surface area contributed by atoms with E-state index in [0.717, 1.165) is 0 Å². The molecular weight excluding hydrogens is 681 g/mol. The van der Waals surface area contributed by atoms with E-state index in [9.17, 15) is 0 Å². The van der Waals surface area contributed by atoms with Crippen LogP contribution >= 0.6 is 22.1 Å². The van der Waals surface area contributed by atoms with E-state index >= 15 is 0 Å². The van der Waals surface area contributed by atoms with Crippen LogP contribution in [0.2, 0.25) is 0 Å². The number of benzene rings is 8. The molecule has 250 valence electrons. The van der Waals surface area contributed by atoms with Gasteiger partial charge in [0.25, 0.3) is 0 Å². The molecule has 8 rings (SSSR count). The normalized spacial score (nSPS) is 11.6. The number of hydrogen-bond donors (Lipinski definition) is 0. The summed E-state index contributed by atoms with van der Waals surface area (Å²) in [6, 6.07) is 91.6. The lowest BCUT2D eigenvalue weighted by Crippen LogP contribution is -2.42. The zero-order valence-corrected chi connectivity index (χ0v) is 31.6.